The second kappa shape index (κ2) is 11.8. The molecular formula is C29H34N6O5. The fourth-order valence-electron chi connectivity index (χ4n) is 5.42. The number of fused-ring (bicyclic) bond motifs is 1. The highest BCUT2D eigenvalue weighted by Crippen LogP contribution is 2.36. The molecule has 2 atom stereocenters. The van der Waals surface area contributed by atoms with E-state index in [0.29, 0.717) is 54.4 Å². The van der Waals surface area contributed by atoms with Gasteiger partial charge in [0.2, 0.25) is 0 Å². The molecule has 0 aliphatic heterocycles. The van der Waals surface area contributed by atoms with Gasteiger partial charge < -0.3 is 24.2 Å². The van der Waals surface area contributed by atoms with Gasteiger partial charge in [0.05, 0.1) is 33.3 Å². The molecule has 210 valence electrons. The number of nitrogens with zero attached hydrogens (tertiary/aromatic N) is 6. The first-order chi connectivity index (χ1) is 19.4. The predicted molar refractivity (Wildman–Crippen MR) is 149 cm³/mol. The van der Waals surface area contributed by atoms with Crippen LogP contribution in [0.2, 0.25) is 0 Å². The van der Waals surface area contributed by atoms with Gasteiger partial charge in [-0.1, -0.05) is 23.8 Å². The van der Waals surface area contributed by atoms with E-state index in [9.17, 15) is 9.90 Å². The SMILES string of the molecule is COc1ccc(CN(Cc2ccc(C)cc2OC)c2ncnc3c2nnn3C2CCCC(C(=O)O)C2)c(OC)c1. The molecule has 1 aliphatic carbocycles. The fraction of sp³-hybridized carbons (Fsp3) is 0.414. The van der Waals surface area contributed by atoms with Crippen molar-refractivity contribution in [2.24, 2.45) is 5.92 Å². The van der Waals surface area contributed by atoms with Gasteiger partial charge in [-0.2, -0.15) is 0 Å². The van der Waals surface area contributed by atoms with Crippen LogP contribution in [0.15, 0.2) is 42.7 Å². The third-order valence-electron chi connectivity index (χ3n) is 7.54. The van der Waals surface area contributed by atoms with Crippen LogP contribution in [-0.2, 0) is 17.9 Å². The first-order valence-corrected chi connectivity index (χ1v) is 13.3. The second-order valence-electron chi connectivity index (χ2n) is 10.1. The van der Waals surface area contributed by atoms with Gasteiger partial charge in [-0.3, -0.25) is 4.79 Å². The lowest BCUT2D eigenvalue weighted by molar-refractivity contribution is -0.143. The van der Waals surface area contributed by atoms with Gasteiger partial charge in [0.15, 0.2) is 17.0 Å². The zero-order valence-electron chi connectivity index (χ0n) is 23.2. The number of aromatic nitrogens is 5. The van der Waals surface area contributed by atoms with Crippen molar-refractivity contribution in [3.8, 4) is 17.2 Å². The molecule has 0 saturated heterocycles. The van der Waals surface area contributed by atoms with Gasteiger partial charge >= 0.3 is 5.97 Å². The smallest absolute Gasteiger partial charge is 0.306 e. The Hall–Kier alpha value is -4.41. The number of benzene rings is 2. The molecule has 0 spiro atoms. The summed E-state index contributed by atoms with van der Waals surface area (Å²) >= 11 is 0. The Morgan fingerprint density at radius 3 is 2.42 bits per heavy atom. The Morgan fingerprint density at radius 1 is 1.00 bits per heavy atom. The van der Waals surface area contributed by atoms with Crippen LogP contribution >= 0.6 is 0 Å². The van der Waals surface area contributed by atoms with E-state index in [4.69, 9.17) is 14.2 Å². The van der Waals surface area contributed by atoms with Crippen molar-refractivity contribution in [1.29, 1.82) is 0 Å². The molecule has 5 rings (SSSR count). The Morgan fingerprint density at radius 2 is 1.73 bits per heavy atom. The van der Waals surface area contributed by atoms with E-state index >= 15 is 0 Å². The lowest BCUT2D eigenvalue weighted by Crippen LogP contribution is -2.26. The van der Waals surface area contributed by atoms with Crippen molar-refractivity contribution in [3.05, 3.63) is 59.4 Å². The van der Waals surface area contributed by atoms with Gasteiger partial charge in [-0.25, -0.2) is 14.6 Å². The minimum absolute atomic E-state index is 0.0880. The normalized spacial score (nSPS) is 17.0. The van der Waals surface area contributed by atoms with Crippen LogP contribution in [0.5, 0.6) is 17.2 Å². The van der Waals surface area contributed by atoms with Crippen LogP contribution < -0.4 is 19.1 Å². The molecular weight excluding hydrogens is 512 g/mol. The first-order valence-electron chi connectivity index (χ1n) is 13.3. The van der Waals surface area contributed by atoms with Gasteiger partial charge in [0.25, 0.3) is 0 Å². The van der Waals surface area contributed by atoms with Crippen LogP contribution in [0.4, 0.5) is 5.82 Å². The molecule has 2 unspecified atom stereocenters. The number of ether oxygens (including phenoxy) is 3. The summed E-state index contributed by atoms with van der Waals surface area (Å²) in [6, 6.07) is 11.8. The highest BCUT2D eigenvalue weighted by atomic mass is 16.5. The molecule has 2 aromatic carbocycles. The Kier molecular flexibility index (Phi) is 7.99. The number of methoxy groups -OCH3 is 3. The molecule has 2 aromatic heterocycles. The number of hydrogen-bond acceptors (Lipinski definition) is 9. The third kappa shape index (κ3) is 5.49. The van der Waals surface area contributed by atoms with Crippen LogP contribution in [0.3, 0.4) is 0 Å². The highest BCUT2D eigenvalue weighted by molar-refractivity contribution is 5.82. The number of carboxylic acid groups (broad SMARTS) is 1. The molecule has 0 radical (unpaired) electrons. The summed E-state index contributed by atoms with van der Waals surface area (Å²) in [6.45, 7) is 2.95. The molecule has 4 aromatic rings. The predicted octanol–water partition coefficient (Wildman–Crippen LogP) is 4.58. The van der Waals surface area contributed by atoms with Crippen molar-refractivity contribution in [2.75, 3.05) is 26.2 Å². The molecule has 11 heteroatoms. The van der Waals surface area contributed by atoms with Crippen molar-refractivity contribution in [2.45, 2.75) is 51.7 Å². The Labute approximate surface area is 232 Å². The topological polar surface area (TPSA) is 125 Å². The summed E-state index contributed by atoms with van der Waals surface area (Å²) in [4.78, 5) is 23.0. The van der Waals surface area contributed by atoms with E-state index in [2.05, 4.69) is 37.3 Å². The lowest BCUT2D eigenvalue weighted by Gasteiger charge is -2.27. The number of aryl methyl sites for hydroxylation is 1. The molecule has 1 fully saturated rings. The fourth-order valence-corrected chi connectivity index (χ4v) is 5.42. The molecule has 11 nitrogen and oxygen atoms in total. The van der Waals surface area contributed by atoms with Gasteiger partial charge in [0.1, 0.15) is 23.6 Å². The third-order valence-corrected chi connectivity index (χ3v) is 7.54. The molecule has 2 heterocycles. The maximum Gasteiger partial charge on any atom is 0.306 e. The van der Waals surface area contributed by atoms with Gasteiger partial charge in [-0.05, 0) is 49.9 Å². The Bertz CT molecular complexity index is 1510. The molecule has 1 saturated carbocycles. The average Bonchev–Trinajstić information content (AvgIpc) is 3.42. The zero-order chi connectivity index (χ0) is 28.2. The van der Waals surface area contributed by atoms with Gasteiger partial charge in [0, 0.05) is 30.3 Å². The number of anilines is 1. The van der Waals surface area contributed by atoms with E-state index in [1.165, 1.54) is 6.33 Å². The molecule has 40 heavy (non-hydrogen) atoms. The molecule has 1 aliphatic rings. The Balaban J connectivity index is 1.57. The number of hydrogen-bond donors (Lipinski definition) is 1. The van der Waals surface area contributed by atoms with E-state index in [-0.39, 0.29) is 6.04 Å². The largest absolute Gasteiger partial charge is 0.497 e. The van der Waals surface area contributed by atoms with Gasteiger partial charge in [-0.15, -0.1) is 5.10 Å². The van der Waals surface area contributed by atoms with Crippen LogP contribution in [0.25, 0.3) is 11.2 Å². The number of carbonyl (C=O) groups is 1. The summed E-state index contributed by atoms with van der Waals surface area (Å²) in [5, 5.41) is 18.6. The van der Waals surface area contributed by atoms with E-state index in [1.807, 2.05) is 31.2 Å². The van der Waals surface area contributed by atoms with Crippen LogP contribution in [0, 0.1) is 12.8 Å². The highest BCUT2D eigenvalue weighted by Gasteiger charge is 2.31. The standard InChI is InChI=1S/C29H34N6O5/c1-18-8-9-20(24(12-18)39-3)15-34(16-21-10-11-23(38-2)14-25(21)40-4)27-26-28(31-17-30-27)35(33-32-26)22-7-5-6-19(13-22)29(36)37/h8-12,14,17,19,22H,5-7,13,15-16H2,1-4H3,(H,36,37). The summed E-state index contributed by atoms with van der Waals surface area (Å²) < 4.78 is 18.6. The number of aliphatic carboxylic acids is 1. The lowest BCUT2D eigenvalue weighted by atomic mass is 9.86. The van der Waals surface area contributed by atoms with Crippen molar-refractivity contribution in [3.63, 3.8) is 0 Å². The first kappa shape index (κ1) is 27.2. The van der Waals surface area contributed by atoms with E-state index < -0.39 is 11.9 Å². The molecule has 0 bridgehead atoms. The van der Waals surface area contributed by atoms with Crippen molar-refractivity contribution < 1.29 is 24.1 Å². The van der Waals surface area contributed by atoms with Crippen LogP contribution in [0.1, 0.15) is 48.4 Å². The zero-order valence-corrected chi connectivity index (χ0v) is 23.2. The quantitative estimate of drug-likeness (QED) is 0.302. The minimum atomic E-state index is -0.768. The van der Waals surface area contributed by atoms with Crippen molar-refractivity contribution in [1.82, 2.24) is 25.0 Å². The molecule has 0 amide bonds. The average molecular weight is 547 g/mol. The molecule has 1 N–H and O–H groups in total. The maximum atomic E-state index is 11.7. The summed E-state index contributed by atoms with van der Waals surface area (Å²) in [6.07, 6.45) is 4.33. The minimum Gasteiger partial charge on any atom is -0.497 e. The van der Waals surface area contributed by atoms with E-state index in [0.717, 1.165) is 35.3 Å². The summed E-state index contributed by atoms with van der Waals surface area (Å²) in [7, 11) is 4.92. The number of carboxylic acids is 1. The van der Waals surface area contributed by atoms with Crippen LogP contribution in [-0.4, -0.2) is 57.4 Å². The monoisotopic (exact) mass is 546 g/mol. The summed E-state index contributed by atoms with van der Waals surface area (Å²) in [5.74, 6) is 1.62. The number of rotatable bonds is 10. The summed E-state index contributed by atoms with van der Waals surface area (Å²) in [5.41, 5.74) is 4.16. The van der Waals surface area contributed by atoms with E-state index in [1.54, 1.807) is 26.0 Å². The maximum absolute atomic E-state index is 11.7. The second-order valence-corrected chi connectivity index (χ2v) is 10.1. The van der Waals surface area contributed by atoms with Crippen molar-refractivity contribution >= 4 is 23.0 Å².